The minimum Gasteiger partial charge on any atom is -0.284 e. The van der Waals surface area contributed by atoms with E-state index in [9.17, 15) is 0 Å². The molecule has 1 nitrogen and oxygen atoms in total. The molecule has 1 atom stereocenters. The molecule has 0 fully saturated rings. The second-order valence-corrected chi connectivity index (χ2v) is 12.1. The van der Waals surface area contributed by atoms with Gasteiger partial charge in [0.05, 0.1) is 13.6 Å². The monoisotopic (exact) mass is 225 g/mol. The molecule has 0 N–H and O–H groups in total. The van der Waals surface area contributed by atoms with Crippen molar-refractivity contribution in [3.63, 3.8) is 0 Å². The molecule has 0 aromatic carbocycles. The highest BCUT2D eigenvalue weighted by atomic mass is 28.3. The van der Waals surface area contributed by atoms with Gasteiger partial charge in [-0.3, -0.25) is 4.99 Å². The lowest BCUT2D eigenvalue weighted by molar-refractivity contribution is 0.584. The summed E-state index contributed by atoms with van der Waals surface area (Å²) < 4.78 is 0. The van der Waals surface area contributed by atoms with Crippen molar-refractivity contribution < 1.29 is 0 Å². The van der Waals surface area contributed by atoms with Gasteiger partial charge in [0.25, 0.3) is 0 Å². The van der Waals surface area contributed by atoms with E-state index < -0.39 is 8.07 Å². The molecule has 0 amide bonds. The molecule has 0 radical (unpaired) electrons. The number of hydrogen-bond acceptors (Lipinski definition) is 1. The molecule has 0 spiro atoms. The maximum absolute atomic E-state index is 4.61. The second-order valence-electron chi connectivity index (χ2n) is 6.44. The summed E-state index contributed by atoms with van der Waals surface area (Å²) in [5.74, 6) is 0. The molecular weight excluding hydrogens is 198 g/mol. The van der Waals surface area contributed by atoms with Gasteiger partial charge in [-0.1, -0.05) is 32.6 Å². The molecule has 0 aromatic rings. The molecule has 0 aliphatic heterocycles. The average Bonchev–Trinajstić information content (AvgIpc) is 1.94. The quantitative estimate of drug-likeness (QED) is 0.494. The summed E-state index contributed by atoms with van der Waals surface area (Å²) in [7, 11) is -1.03. The summed E-state index contributed by atoms with van der Waals surface area (Å²) >= 11 is 0. The molecule has 88 valence electrons. The van der Waals surface area contributed by atoms with Crippen LogP contribution in [0, 0.1) is 0 Å². The molecular formula is C13H27NSi. The van der Waals surface area contributed by atoms with Crippen molar-refractivity contribution in [1.82, 2.24) is 0 Å². The third-order valence-corrected chi connectivity index (χ3v) is 5.43. The van der Waals surface area contributed by atoms with E-state index in [4.69, 9.17) is 0 Å². The first kappa shape index (κ1) is 14.6. The number of nitrogens with zero attached hydrogens (tertiary/aromatic N) is 1. The van der Waals surface area contributed by atoms with Crippen molar-refractivity contribution in [3.05, 3.63) is 12.2 Å². The fourth-order valence-corrected chi connectivity index (χ4v) is 1.81. The third-order valence-electron chi connectivity index (χ3n) is 2.50. The Bertz CT molecular complexity index is 251. The van der Waals surface area contributed by atoms with Gasteiger partial charge in [0.2, 0.25) is 0 Å². The van der Waals surface area contributed by atoms with Crippen LogP contribution in [0.25, 0.3) is 0 Å². The van der Waals surface area contributed by atoms with Gasteiger partial charge in [0, 0.05) is 5.71 Å². The molecule has 2 heteroatoms. The van der Waals surface area contributed by atoms with Crippen molar-refractivity contribution in [1.29, 1.82) is 0 Å². The van der Waals surface area contributed by atoms with Gasteiger partial charge in [-0.25, -0.2) is 0 Å². The number of allylic oxidation sites excluding steroid dienone is 2. The highest BCUT2D eigenvalue weighted by Crippen LogP contribution is 2.22. The lowest BCUT2D eigenvalue weighted by Gasteiger charge is -2.21. The van der Waals surface area contributed by atoms with Crippen LogP contribution >= 0.6 is 0 Å². The first-order valence-electron chi connectivity index (χ1n) is 5.77. The Morgan fingerprint density at radius 3 is 2.00 bits per heavy atom. The Morgan fingerprint density at radius 2 is 1.67 bits per heavy atom. The van der Waals surface area contributed by atoms with E-state index in [1.54, 1.807) is 0 Å². The second kappa shape index (κ2) is 5.11. The van der Waals surface area contributed by atoms with Crippen molar-refractivity contribution >= 4 is 13.8 Å². The van der Waals surface area contributed by atoms with Crippen LogP contribution in [0.3, 0.4) is 0 Å². The van der Waals surface area contributed by atoms with Crippen LogP contribution in [-0.2, 0) is 0 Å². The number of rotatable bonds is 3. The molecule has 15 heavy (non-hydrogen) atoms. The first-order chi connectivity index (χ1) is 6.52. The molecule has 0 aliphatic carbocycles. The zero-order valence-electron chi connectivity index (χ0n) is 11.7. The van der Waals surface area contributed by atoms with Crippen LogP contribution in [-0.4, -0.2) is 19.3 Å². The predicted octanol–water partition coefficient (Wildman–Crippen LogP) is 4.53. The lowest BCUT2D eigenvalue weighted by Crippen LogP contribution is -2.24. The summed E-state index contributed by atoms with van der Waals surface area (Å²) in [5.41, 5.74) is 1.88. The zero-order chi connectivity index (χ0) is 12.3. The Balaban J connectivity index is 4.49. The Hall–Kier alpha value is -0.373. The van der Waals surface area contributed by atoms with E-state index >= 15 is 0 Å². The normalized spacial score (nSPS) is 17.2. The van der Waals surface area contributed by atoms with E-state index in [1.807, 2.05) is 0 Å². The average molecular weight is 225 g/mol. The molecule has 1 unspecified atom stereocenters. The van der Waals surface area contributed by atoms with Crippen molar-refractivity contribution in [2.75, 3.05) is 0 Å². The van der Waals surface area contributed by atoms with Gasteiger partial charge in [-0.05, 0) is 39.3 Å². The van der Waals surface area contributed by atoms with Crippen molar-refractivity contribution in [2.45, 2.75) is 65.3 Å². The van der Waals surface area contributed by atoms with Gasteiger partial charge in [-0.15, -0.1) is 0 Å². The maximum atomic E-state index is 4.61. The highest BCUT2D eigenvalue weighted by molar-refractivity contribution is 6.77. The molecule has 0 saturated carbocycles. The standard InChI is InChI=1S/C13H27NSi/c1-11(14-13(3,4)5)9-10-12(2)15(6,7)8/h9-10,12H,1-8H3/b10-9+,14-11?. The Kier molecular flexibility index (Phi) is 4.98. The van der Waals surface area contributed by atoms with Gasteiger partial charge >= 0.3 is 0 Å². The molecule has 0 saturated heterocycles. The van der Waals surface area contributed by atoms with Crippen molar-refractivity contribution in [3.8, 4) is 0 Å². The maximum Gasteiger partial charge on any atom is 0.0527 e. The molecule has 0 rings (SSSR count). The fraction of sp³-hybridized carbons (Fsp3) is 0.769. The molecule has 0 aliphatic rings. The van der Waals surface area contributed by atoms with Gasteiger partial charge < -0.3 is 0 Å². The van der Waals surface area contributed by atoms with E-state index in [0.717, 1.165) is 5.71 Å². The smallest absolute Gasteiger partial charge is 0.0527 e. The fourth-order valence-electron chi connectivity index (χ4n) is 1.14. The van der Waals surface area contributed by atoms with Crippen LogP contribution in [0.5, 0.6) is 0 Å². The molecule has 0 aromatic heterocycles. The molecule has 0 bridgehead atoms. The minimum atomic E-state index is -1.03. The van der Waals surface area contributed by atoms with Gasteiger partial charge in [0.1, 0.15) is 0 Å². The molecule has 0 heterocycles. The van der Waals surface area contributed by atoms with Crippen LogP contribution in [0.2, 0.25) is 25.2 Å². The predicted molar refractivity (Wildman–Crippen MR) is 74.8 cm³/mol. The summed E-state index contributed by atoms with van der Waals surface area (Å²) in [5, 5.41) is 0. The van der Waals surface area contributed by atoms with E-state index in [0.29, 0.717) is 5.54 Å². The van der Waals surface area contributed by atoms with Crippen LogP contribution in [0.4, 0.5) is 0 Å². The minimum absolute atomic E-state index is 0.0385. The zero-order valence-corrected chi connectivity index (χ0v) is 12.7. The summed E-state index contributed by atoms with van der Waals surface area (Å²) in [6.07, 6.45) is 4.49. The summed E-state index contributed by atoms with van der Waals surface area (Å²) in [4.78, 5) is 4.61. The van der Waals surface area contributed by atoms with Crippen LogP contribution in [0.15, 0.2) is 17.1 Å². The van der Waals surface area contributed by atoms with E-state index in [2.05, 4.69) is 71.4 Å². The Labute approximate surface area is 96.7 Å². The Morgan fingerprint density at radius 1 is 1.20 bits per heavy atom. The SMILES string of the molecule is CC(/C=C/C(C)[Si](C)(C)C)=NC(C)(C)C. The first-order valence-corrected chi connectivity index (χ1v) is 9.35. The number of hydrogen-bond donors (Lipinski definition) is 0. The number of aliphatic imine (C=N–C) groups is 1. The lowest BCUT2D eigenvalue weighted by atomic mass is 10.1. The van der Waals surface area contributed by atoms with Gasteiger partial charge in [-0.2, -0.15) is 0 Å². The van der Waals surface area contributed by atoms with E-state index in [-0.39, 0.29) is 5.54 Å². The van der Waals surface area contributed by atoms with E-state index in [1.165, 1.54) is 0 Å². The van der Waals surface area contributed by atoms with Crippen molar-refractivity contribution in [2.24, 2.45) is 4.99 Å². The van der Waals surface area contributed by atoms with Crippen LogP contribution in [0.1, 0.15) is 34.6 Å². The largest absolute Gasteiger partial charge is 0.284 e. The third kappa shape index (κ3) is 7.54. The van der Waals surface area contributed by atoms with Crippen LogP contribution < -0.4 is 0 Å². The highest BCUT2D eigenvalue weighted by Gasteiger charge is 2.19. The van der Waals surface area contributed by atoms with Gasteiger partial charge in [0.15, 0.2) is 0 Å². The summed E-state index contributed by atoms with van der Waals surface area (Å²) in [6.45, 7) is 18.0. The summed E-state index contributed by atoms with van der Waals surface area (Å²) in [6, 6.07) is 0. The topological polar surface area (TPSA) is 12.4 Å².